The molecule has 3 rings (SSSR count). The quantitative estimate of drug-likeness (QED) is 0.860. The Kier molecular flexibility index (Phi) is 4.58. The molecule has 0 bridgehead atoms. The normalized spacial score (nSPS) is 16.8. The molecule has 1 aliphatic carbocycles. The largest absolute Gasteiger partial charge is 0.468 e. The highest BCUT2D eigenvalue weighted by atomic mass is 16.3. The molecule has 1 fully saturated rings. The van der Waals surface area contributed by atoms with Crippen LogP contribution in [0.4, 0.5) is 5.82 Å². The molecule has 0 saturated heterocycles. The third-order valence-corrected chi connectivity index (χ3v) is 4.15. The fourth-order valence-corrected chi connectivity index (χ4v) is 2.92. The first-order valence-electron chi connectivity index (χ1n) is 7.84. The van der Waals surface area contributed by atoms with Crippen LogP contribution in [0.5, 0.6) is 0 Å². The molecule has 118 valence electrons. The van der Waals surface area contributed by atoms with Crippen LogP contribution < -0.4 is 10.6 Å². The molecule has 6 heteroatoms. The molecule has 2 aromatic rings. The van der Waals surface area contributed by atoms with Gasteiger partial charge < -0.3 is 9.73 Å². The van der Waals surface area contributed by atoms with E-state index in [1.807, 2.05) is 29.8 Å². The number of furan rings is 1. The number of hydrogen-bond acceptors (Lipinski definition) is 4. The minimum absolute atomic E-state index is 0.000456. The van der Waals surface area contributed by atoms with E-state index < -0.39 is 0 Å². The Hall–Kier alpha value is -2.08. The zero-order chi connectivity index (χ0) is 15.4. The molecule has 2 N–H and O–H groups in total. The van der Waals surface area contributed by atoms with Crippen molar-refractivity contribution in [2.24, 2.45) is 0 Å². The second kappa shape index (κ2) is 6.79. The average molecular weight is 302 g/mol. The van der Waals surface area contributed by atoms with Crippen molar-refractivity contribution in [1.82, 2.24) is 15.1 Å². The lowest BCUT2D eigenvalue weighted by Gasteiger charge is -2.15. The Labute approximate surface area is 129 Å². The first kappa shape index (κ1) is 14.8. The number of carbonyl (C=O) groups excluding carboxylic acids is 1. The number of anilines is 1. The maximum atomic E-state index is 12.1. The van der Waals surface area contributed by atoms with Gasteiger partial charge in [0.15, 0.2) is 0 Å². The van der Waals surface area contributed by atoms with Crippen LogP contribution in [0.2, 0.25) is 0 Å². The van der Waals surface area contributed by atoms with Gasteiger partial charge in [0.1, 0.15) is 11.6 Å². The number of nitrogens with one attached hydrogen (secondary N) is 2. The van der Waals surface area contributed by atoms with E-state index in [0.717, 1.165) is 24.4 Å². The minimum Gasteiger partial charge on any atom is -0.468 e. The molecular formula is C16H22N4O2. The van der Waals surface area contributed by atoms with E-state index in [0.29, 0.717) is 6.04 Å². The monoisotopic (exact) mass is 302 g/mol. The highest BCUT2D eigenvalue weighted by Crippen LogP contribution is 2.31. The summed E-state index contributed by atoms with van der Waals surface area (Å²) in [4.78, 5) is 12.1. The van der Waals surface area contributed by atoms with Crippen LogP contribution >= 0.6 is 0 Å². The maximum Gasteiger partial charge on any atom is 0.239 e. The van der Waals surface area contributed by atoms with Gasteiger partial charge in [-0.3, -0.25) is 10.1 Å². The lowest BCUT2D eigenvalue weighted by Crippen LogP contribution is -2.30. The van der Waals surface area contributed by atoms with Gasteiger partial charge in [0.05, 0.1) is 31.1 Å². The first-order chi connectivity index (χ1) is 10.7. The van der Waals surface area contributed by atoms with E-state index in [9.17, 15) is 4.79 Å². The van der Waals surface area contributed by atoms with Gasteiger partial charge in [-0.05, 0) is 31.9 Å². The standard InChI is InChI=1S/C16H22N4O2/c1-12(14-7-4-10-22-14)17-11-16(21)19-15-8-9-18-20(15)13-5-2-3-6-13/h4,7-10,12-13,17H,2-3,5-6,11H2,1H3,(H,19,21)/t12-/m1/s1. The van der Waals surface area contributed by atoms with Crippen molar-refractivity contribution < 1.29 is 9.21 Å². The molecular weight excluding hydrogens is 280 g/mol. The van der Waals surface area contributed by atoms with Crippen molar-refractivity contribution in [1.29, 1.82) is 0 Å². The molecule has 0 aromatic carbocycles. The molecule has 0 aliphatic heterocycles. The van der Waals surface area contributed by atoms with Gasteiger partial charge in [-0.1, -0.05) is 12.8 Å². The fourth-order valence-electron chi connectivity index (χ4n) is 2.92. The van der Waals surface area contributed by atoms with Gasteiger partial charge in [0, 0.05) is 6.07 Å². The highest BCUT2D eigenvalue weighted by Gasteiger charge is 2.20. The molecule has 0 spiro atoms. The summed E-state index contributed by atoms with van der Waals surface area (Å²) >= 11 is 0. The van der Waals surface area contributed by atoms with Crippen LogP contribution in [0.15, 0.2) is 35.1 Å². The van der Waals surface area contributed by atoms with Crippen molar-refractivity contribution in [3.05, 3.63) is 36.4 Å². The van der Waals surface area contributed by atoms with Crippen LogP contribution in [0.1, 0.15) is 50.5 Å². The van der Waals surface area contributed by atoms with E-state index >= 15 is 0 Å². The summed E-state index contributed by atoms with van der Waals surface area (Å²) in [5.74, 6) is 1.53. The zero-order valence-corrected chi connectivity index (χ0v) is 12.8. The van der Waals surface area contributed by atoms with Crippen LogP contribution in [-0.4, -0.2) is 22.2 Å². The summed E-state index contributed by atoms with van der Waals surface area (Å²) in [6.07, 6.45) is 8.12. The van der Waals surface area contributed by atoms with Gasteiger partial charge in [-0.2, -0.15) is 5.10 Å². The number of nitrogens with zero attached hydrogens (tertiary/aromatic N) is 2. The molecule has 1 aliphatic rings. The summed E-state index contributed by atoms with van der Waals surface area (Å²) in [5, 5.41) is 10.4. The van der Waals surface area contributed by atoms with Crippen LogP contribution in [0.3, 0.4) is 0 Å². The maximum absolute atomic E-state index is 12.1. The first-order valence-corrected chi connectivity index (χ1v) is 7.84. The summed E-state index contributed by atoms with van der Waals surface area (Å²) in [6, 6.07) is 6.01. The van der Waals surface area contributed by atoms with Crippen molar-refractivity contribution in [3.8, 4) is 0 Å². The predicted octanol–water partition coefficient (Wildman–Crippen LogP) is 2.88. The molecule has 2 aromatic heterocycles. The van der Waals surface area contributed by atoms with Crippen molar-refractivity contribution >= 4 is 11.7 Å². The molecule has 0 unspecified atom stereocenters. The lowest BCUT2D eigenvalue weighted by atomic mass is 10.2. The third-order valence-electron chi connectivity index (χ3n) is 4.15. The summed E-state index contributed by atoms with van der Waals surface area (Å²) in [7, 11) is 0. The number of amides is 1. The minimum atomic E-state index is -0.0712. The van der Waals surface area contributed by atoms with E-state index in [1.165, 1.54) is 12.8 Å². The molecule has 2 heterocycles. The second-order valence-corrected chi connectivity index (χ2v) is 5.77. The number of carbonyl (C=O) groups is 1. The molecule has 0 radical (unpaired) electrons. The van der Waals surface area contributed by atoms with Gasteiger partial charge in [-0.25, -0.2) is 4.68 Å². The Morgan fingerprint density at radius 3 is 3.00 bits per heavy atom. The van der Waals surface area contributed by atoms with Gasteiger partial charge >= 0.3 is 0 Å². The van der Waals surface area contributed by atoms with Gasteiger partial charge in [0.2, 0.25) is 5.91 Å². The van der Waals surface area contributed by atoms with Crippen molar-refractivity contribution in [2.75, 3.05) is 11.9 Å². The average Bonchev–Trinajstić information content (AvgIpc) is 3.24. The highest BCUT2D eigenvalue weighted by molar-refractivity contribution is 5.91. The van der Waals surface area contributed by atoms with E-state index in [2.05, 4.69) is 15.7 Å². The van der Waals surface area contributed by atoms with E-state index in [-0.39, 0.29) is 18.5 Å². The topological polar surface area (TPSA) is 72.1 Å². The van der Waals surface area contributed by atoms with E-state index in [4.69, 9.17) is 4.42 Å². The van der Waals surface area contributed by atoms with Crippen LogP contribution in [0, 0.1) is 0 Å². The lowest BCUT2D eigenvalue weighted by molar-refractivity contribution is -0.115. The zero-order valence-electron chi connectivity index (χ0n) is 12.8. The number of aromatic nitrogens is 2. The third kappa shape index (κ3) is 3.39. The fraction of sp³-hybridized carbons (Fsp3) is 0.500. The smallest absolute Gasteiger partial charge is 0.239 e. The summed E-state index contributed by atoms with van der Waals surface area (Å²) in [6.45, 7) is 2.20. The van der Waals surface area contributed by atoms with Gasteiger partial charge in [-0.15, -0.1) is 0 Å². The van der Waals surface area contributed by atoms with Crippen LogP contribution in [0.25, 0.3) is 0 Å². The van der Waals surface area contributed by atoms with Gasteiger partial charge in [0.25, 0.3) is 0 Å². The summed E-state index contributed by atoms with van der Waals surface area (Å²) < 4.78 is 7.26. The molecule has 1 saturated carbocycles. The second-order valence-electron chi connectivity index (χ2n) is 5.77. The Bertz CT molecular complexity index is 599. The van der Waals surface area contributed by atoms with Crippen molar-refractivity contribution in [2.45, 2.75) is 44.7 Å². The van der Waals surface area contributed by atoms with E-state index in [1.54, 1.807) is 12.5 Å². The van der Waals surface area contributed by atoms with Crippen LogP contribution in [-0.2, 0) is 4.79 Å². The Morgan fingerprint density at radius 2 is 2.27 bits per heavy atom. The molecule has 22 heavy (non-hydrogen) atoms. The predicted molar refractivity (Wildman–Crippen MR) is 83.5 cm³/mol. The Morgan fingerprint density at radius 1 is 1.45 bits per heavy atom. The SMILES string of the molecule is C[C@@H](NCC(=O)Nc1ccnn1C1CCCC1)c1ccco1. The Balaban J connectivity index is 1.53. The molecule has 6 nitrogen and oxygen atoms in total. The van der Waals surface area contributed by atoms with Crippen molar-refractivity contribution in [3.63, 3.8) is 0 Å². The molecule has 1 atom stereocenters. The number of hydrogen-bond donors (Lipinski definition) is 2. The number of rotatable bonds is 6. The summed E-state index contributed by atoms with van der Waals surface area (Å²) in [5.41, 5.74) is 0. The molecule has 1 amide bonds.